The van der Waals surface area contributed by atoms with E-state index in [0.29, 0.717) is 5.69 Å². The zero-order valence-corrected chi connectivity index (χ0v) is 15.3. The zero-order chi connectivity index (χ0) is 18.6. The first-order chi connectivity index (χ1) is 11.8. The maximum atomic E-state index is 12.2. The number of ether oxygens (including phenoxy) is 1. The van der Waals surface area contributed by atoms with E-state index in [1.807, 2.05) is 45.9 Å². The van der Waals surface area contributed by atoms with Crippen molar-refractivity contribution in [1.29, 1.82) is 0 Å². The van der Waals surface area contributed by atoms with E-state index in [4.69, 9.17) is 4.74 Å². The molecule has 0 spiro atoms. The molecule has 1 heterocycles. The molecule has 0 bridgehead atoms. The topological polar surface area (TPSA) is 86.1 Å². The second-order valence-electron chi connectivity index (χ2n) is 6.17. The lowest BCUT2D eigenvalue weighted by Gasteiger charge is -2.11. The third-order valence-corrected chi connectivity index (χ3v) is 3.90. The van der Waals surface area contributed by atoms with Crippen LogP contribution in [0.2, 0.25) is 0 Å². The van der Waals surface area contributed by atoms with Crippen molar-refractivity contribution < 1.29 is 14.3 Å². The maximum Gasteiger partial charge on any atom is 0.361 e. The van der Waals surface area contributed by atoms with E-state index < -0.39 is 5.97 Å². The van der Waals surface area contributed by atoms with Gasteiger partial charge in [-0.3, -0.25) is 4.79 Å². The minimum Gasteiger partial charge on any atom is -0.451 e. The molecule has 1 aromatic carbocycles. The first-order valence-electron chi connectivity index (χ1n) is 8.29. The molecule has 1 aromatic heterocycles. The zero-order valence-electron chi connectivity index (χ0n) is 15.3. The number of nitrogens with one attached hydrogen (secondary N) is 1. The summed E-state index contributed by atoms with van der Waals surface area (Å²) in [5.41, 5.74) is 3.49. The molecule has 2 aromatic rings. The van der Waals surface area contributed by atoms with Crippen molar-refractivity contribution in [1.82, 2.24) is 20.3 Å². The highest BCUT2D eigenvalue weighted by Gasteiger charge is 2.19. The van der Waals surface area contributed by atoms with Crippen molar-refractivity contribution >= 4 is 11.9 Å². The number of rotatable bonds is 6. The lowest BCUT2D eigenvalue weighted by molar-refractivity contribution is -0.124. The molecule has 25 heavy (non-hydrogen) atoms. The lowest BCUT2D eigenvalue weighted by Crippen LogP contribution is -2.35. The quantitative estimate of drug-likeness (QED) is 0.812. The number of hydrogen-bond acceptors (Lipinski definition) is 5. The Morgan fingerprint density at radius 2 is 1.96 bits per heavy atom. The van der Waals surface area contributed by atoms with Gasteiger partial charge in [-0.05, 0) is 45.7 Å². The minimum atomic E-state index is -0.659. The number of carbonyl (C=O) groups excluding carboxylic acids is 2. The van der Waals surface area contributed by atoms with Gasteiger partial charge in [0.25, 0.3) is 5.91 Å². The van der Waals surface area contributed by atoms with E-state index in [-0.39, 0.29) is 24.2 Å². The summed E-state index contributed by atoms with van der Waals surface area (Å²) in [7, 11) is 0. The van der Waals surface area contributed by atoms with Crippen LogP contribution in [0.1, 0.15) is 47.6 Å². The fourth-order valence-electron chi connectivity index (χ4n) is 2.32. The molecule has 134 valence electrons. The summed E-state index contributed by atoms with van der Waals surface area (Å²) in [6, 6.07) is 5.92. The van der Waals surface area contributed by atoms with Crippen LogP contribution in [0.4, 0.5) is 0 Å². The van der Waals surface area contributed by atoms with Gasteiger partial charge in [-0.15, -0.1) is 5.10 Å². The van der Waals surface area contributed by atoms with Gasteiger partial charge in [0.05, 0.1) is 11.4 Å². The third kappa shape index (κ3) is 4.65. The largest absolute Gasteiger partial charge is 0.451 e. The predicted octanol–water partition coefficient (Wildman–Crippen LogP) is 2.26. The smallest absolute Gasteiger partial charge is 0.361 e. The van der Waals surface area contributed by atoms with E-state index >= 15 is 0 Å². The van der Waals surface area contributed by atoms with Crippen molar-refractivity contribution in [2.24, 2.45) is 0 Å². The lowest BCUT2D eigenvalue weighted by atomic mass is 10.1. The van der Waals surface area contributed by atoms with Crippen LogP contribution in [0.3, 0.4) is 0 Å². The molecule has 0 aliphatic rings. The number of carbonyl (C=O) groups is 2. The van der Waals surface area contributed by atoms with Crippen molar-refractivity contribution in [3.05, 3.63) is 40.7 Å². The fraction of sp³-hybridized carbons (Fsp3) is 0.444. The van der Waals surface area contributed by atoms with Gasteiger partial charge in [-0.2, -0.15) is 9.90 Å². The molecule has 1 amide bonds. The Balaban J connectivity index is 2.09. The maximum absolute atomic E-state index is 12.2. The average molecular weight is 344 g/mol. The summed E-state index contributed by atoms with van der Waals surface area (Å²) in [6.07, 6.45) is 0.809. The highest BCUT2D eigenvalue weighted by molar-refractivity contribution is 5.90. The molecule has 1 atom stereocenters. The number of nitrogens with zero attached hydrogens (tertiary/aromatic N) is 3. The minimum absolute atomic E-state index is 0.0401. The summed E-state index contributed by atoms with van der Waals surface area (Å²) < 4.78 is 5.05. The van der Waals surface area contributed by atoms with Crippen molar-refractivity contribution in [3.8, 4) is 5.69 Å². The van der Waals surface area contributed by atoms with E-state index in [2.05, 4.69) is 15.5 Å². The fourth-order valence-corrected chi connectivity index (χ4v) is 2.32. The molecule has 0 saturated heterocycles. The second-order valence-corrected chi connectivity index (χ2v) is 6.17. The summed E-state index contributed by atoms with van der Waals surface area (Å²) in [5, 5.41) is 11.2. The van der Waals surface area contributed by atoms with Crippen LogP contribution in [0.25, 0.3) is 5.69 Å². The summed E-state index contributed by atoms with van der Waals surface area (Å²) in [4.78, 5) is 25.3. The molecule has 0 aliphatic carbocycles. The number of aromatic nitrogens is 3. The first-order valence-corrected chi connectivity index (χ1v) is 8.29. The van der Waals surface area contributed by atoms with Gasteiger partial charge < -0.3 is 10.1 Å². The molecule has 0 fully saturated rings. The molecule has 0 unspecified atom stereocenters. The standard InChI is InChI=1S/C18H24N4O3/c1-6-13(4)19-16(23)10-25-18(24)17-14(5)20-22(21-17)15-8-7-11(2)9-12(15)3/h7-9,13H,6,10H2,1-5H3,(H,19,23)/t13-/m0/s1. The predicted molar refractivity (Wildman–Crippen MR) is 93.7 cm³/mol. The van der Waals surface area contributed by atoms with Gasteiger partial charge in [0, 0.05) is 6.04 Å². The SMILES string of the molecule is CC[C@H](C)NC(=O)COC(=O)c1nn(-c2ccc(C)cc2C)nc1C. The Kier molecular flexibility index (Phi) is 5.90. The summed E-state index contributed by atoms with van der Waals surface area (Å²) in [5.74, 6) is -0.991. The highest BCUT2D eigenvalue weighted by atomic mass is 16.5. The number of aryl methyl sites for hydroxylation is 3. The van der Waals surface area contributed by atoms with Crippen molar-refractivity contribution in [3.63, 3.8) is 0 Å². The molecule has 7 heteroatoms. The normalized spacial score (nSPS) is 11.9. The molecular formula is C18H24N4O3. The number of esters is 1. The first kappa shape index (κ1) is 18.6. The highest BCUT2D eigenvalue weighted by Crippen LogP contribution is 2.15. The monoisotopic (exact) mass is 344 g/mol. The van der Waals surface area contributed by atoms with E-state index in [0.717, 1.165) is 23.2 Å². The molecule has 2 rings (SSSR count). The second kappa shape index (κ2) is 7.92. The number of hydrogen-bond donors (Lipinski definition) is 1. The van der Waals surface area contributed by atoms with E-state index in [1.165, 1.54) is 4.80 Å². The molecular weight excluding hydrogens is 320 g/mol. The Hall–Kier alpha value is -2.70. The number of benzene rings is 1. The third-order valence-electron chi connectivity index (χ3n) is 3.90. The molecule has 7 nitrogen and oxygen atoms in total. The molecule has 0 saturated carbocycles. The van der Waals surface area contributed by atoms with Crippen LogP contribution in [-0.4, -0.2) is 39.5 Å². The number of amides is 1. The van der Waals surface area contributed by atoms with Crippen LogP contribution in [0.15, 0.2) is 18.2 Å². The van der Waals surface area contributed by atoms with Gasteiger partial charge in [0.1, 0.15) is 0 Å². The van der Waals surface area contributed by atoms with Gasteiger partial charge in [0.2, 0.25) is 0 Å². The Morgan fingerprint density at radius 3 is 2.60 bits per heavy atom. The van der Waals surface area contributed by atoms with Gasteiger partial charge >= 0.3 is 5.97 Å². The molecule has 1 N–H and O–H groups in total. The van der Waals surface area contributed by atoms with Gasteiger partial charge in [0.15, 0.2) is 12.3 Å². The van der Waals surface area contributed by atoms with Gasteiger partial charge in [-0.1, -0.05) is 24.6 Å². The van der Waals surface area contributed by atoms with Crippen LogP contribution >= 0.6 is 0 Å². The Labute approximate surface area is 147 Å². The summed E-state index contributed by atoms with van der Waals surface area (Å²) in [6.45, 7) is 9.16. The van der Waals surface area contributed by atoms with Crippen LogP contribution < -0.4 is 5.32 Å². The van der Waals surface area contributed by atoms with Crippen molar-refractivity contribution in [2.75, 3.05) is 6.61 Å². The van der Waals surface area contributed by atoms with Crippen LogP contribution in [0, 0.1) is 20.8 Å². The molecule has 0 aliphatic heterocycles. The van der Waals surface area contributed by atoms with Crippen LogP contribution in [0.5, 0.6) is 0 Å². The average Bonchev–Trinajstić information content (AvgIpc) is 2.94. The van der Waals surface area contributed by atoms with Crippen LogP contribution in [-0.2, 0) is 9.53 Å². The summed E-state index contributed by atoms with van der Waals surface area (Å²) >= 11 is 0. The van der Waals surface area contributed by atoms with Crippen molar-refractivity contribution in [2.45, 2.75) is 47.1 Å². The van der Waals surface area contributed by atoms with E-state index in [9.17, 15) is 9.59 Å². The van der Waals surface area contributed by atoms with E-state index in [1.54, 1.807) is 6.92 Å². The molecule has 0 radical (unpaired) electrons. The Morgan fingerprint density at radius 1 is 1.24 bits per heavy atom. The van der Waals surface area contributed by atoms with Gasteiger partial charge in [-0.25, -0.2) is 4.79 Å². The Bertz CT molecular complexity index is 783.